The predicted molar refractivity (Wildman–Crippen MR) is 20.8 cm³/mol. The summed E-state index contributed by atoms with van der Waals surface area (Å²) in [5.74, 6) is 0. The minimum atomic E-state index is 0. The van der Waals surface area contributed by atoms with E-state index in [9.17, 15) is 0 Å². The summed E-state index contributed by atoms with van der Waals surface area (Å²) in [7, 11) is 0. The molecule has 0 rings (SSSR count). The lowest BCUT2D eigenvalue weighted by Gasteiger charge is -0.945. The molecular formula is C2H7NO4. The monoisotopic (exact) mass is 109 g/mol. The number of hydrogen-bond donors (Lipinski definition) is 1. The second kappa shape index (κ2) is 87000. The fourth-order valence-corrected chi connectivity index (χ4v) is 0. The van der Waals surface area contributed by atoms with E-state index in [0.29, 0.717) is 0 Å². The number of carbonyl (C=O) groups is 1. The molecule has 0 aliphatic rings. The smallest absolute Gasteiger partial charge is 0.373 e. The molecule has 0 amide bonds. The SMILES string of the molecule is C=O.N.O.O=C=O. The molecule has 0 spiro atoms. The zero-order chi connectivity index (χ0) is 4.71. The van der Waals surface area contributed by atoms with Gasteiger partial charge in [-0.1, -0.05) is 0 Å². The Balaban J connectivity index is -0.0000000105. The largest absolute Gasteiger partial charge is 0.412 e. The van der Waals surface area contributed by atoms with E-state index >= 15 is 0 Å². The van der Waals surface area contributed by atoms with Crippen LogP contribution in [-0.4, -0.2) is 18.4 Å². The van der Waals surface area contributed by atoms with Crippen LogP contribution in [0.25, 0.3) is 0 Å². The predicted octanol–water partition coefficient (Wildman–Crippen LogP) is -1.43. The molecule has 0 saturated carbocycles. The van der Waals surface area contributed by atoms with Gasteiger partial charge in [0.15, 0.2) is 0 Å². The molecule has 0 radical (unpaired) electrons. The molecule has 5 N–H and O–H groups in total. The number of carbonyl (C=O) groups excluding carboxylic acids is 3. The van der Waals surface area contributed by atoms with Crippen LogP contribution in [0.15, 0.2) is 0 Å². The first-order valence-electron chi connectivity index (χ1n) is 0.697. The second-order valence-corrected chi connectivity index (χ2v) is 0.0833. The Hall–Kier alpha value is -1.03. The van der Waals surface area contributed by atoms with Crippen molar-refractivity contribution < 1.29 is 19.9 Å². The van der Waals surface area contributed by atoms with Gasteiger partial charge < -0.3 is 16.4 Å². The van der Waals surface area contributed by atoms with Gasteiger partial charge in [0.1, 0.15) is 6.79 Å². The summed E-state index contributed by atoms with van der Waals surface area (Å²) in [6.45, 7) is 2.00. The third-order valence-corrected chi connectivity index (χ3v) is 0. The van der Waals surface area contributed by atoms with Crippen molar-refractivity contribution in [3.8, 4) is 0 Å². The first-order valence-corrected chi connectivity index (χ1v) is 0.697. The Bertz CT molecular complexity index is 39.0. The molecule has 44 valence electrons. The summed E-state index contributed by atoms with van der Waals surface area (Å²) in [5.41, 5.74) is 0. The molecule has 0 unspecified atom stereocenters. The maximum Gasteiger partial charge on any atom is 0.373 e. The van der Waals surface area contributed by atoms with Crippen LogP contribution in [0.2, 0.25) is 0 Å². The van der Waals surface area contributed by atoms with Gasteiger partial charge in [0.2, 0.25) is 0 Å². The van der Waals surface area contributed by atoms with Crippen molar-refractivity contribution in [1.82, 2.24) is 6.15 Å². The molecule has 0 saturated heterocycles. The molecule has 0 aliphatic heterocycles. The van der Waals surface area contributed by atoms with E-state index in [0.717, 1.165) is 0 Å². The minimum Gasteiger partial charge on any atom is -0.412 e. The molecule has 5 heteroatoms. The third-order valence-electron chi connectivity index (χ3n) is 0. The van der Waals surface area contributed by atoms with Crippen LogP contribution >= 0.6 is 0 Å². The first kappa shape index (κ1) is 38.0. The van der Waals surface area contributed by atoms with E-state index < -0.39 is 0 Å². The second-order valence-electron chi connectivity index (χ2n) is 0.0833. The van der Waals surface area contributed by atoms with Gasteiger partial charge in [-0.3, -0.25) is 0 Å². The zero-order valence-electron chi connectivity index (χ0n) is 3.64. The van der Waals surface area contributed by atoms with Crippen LogP contribution < -0.4 is 6.15 Å². The van der Waals surface area contributed by atoms with Crippen molar-refractivity contribution in [2.45, 2.75) is 0 Å². The summed E-state index contributed by atoms with van der Waals surface area (Å²) in [6.07, 6.45) is 0.250. The Morgan fingerprint density at radius 2 is 1.14 bits per heavy atom. The van der Waals surface area contributed by atoms with Crippen LogP contribution in [0.4, 0.5) is 0 Å². The van der Waals surface area contributed by atoms with Crippen molar-refractivity contribution >= 4 is 12.9 Å². The average molecular weight is 109 g/mol. The lowest BCUT2D eigenvalue weighted by atomic mass is 11.8. The highest BCUT2D eigenvalue weighted by Gasteiger charge is 1.13. The number of hydrogen-bond acceptors (Lipinski definition) is 4. The van der Waals surface area contributed by atoms with E-state index in [1.807, 2.05) is 6.79 Å². The van der Waals surface area contributed by atoms with Crippen LogP contribution in [0, 0.1) is 0 Å². The Morgan fingerprint density at radius 3 is 1.14 bits per heavy atom. The highest BCUT2D eigenvalue weighted by atomic mass is 16.2. The summed E-state index contributed by atoms with van der Waals surface area (Å²) >= 11 is 0. The maximum absolute atomic E-state index is 8.12. The number of rotatable bonds is 0. The van der Waals surface area contributed by atoms with E-state index in [1.54, 1.807) is 0 Å². The fraction of sp³-hybridized carbons (Fsp3) is 0. The van der Waals surface area contributed by atoms with Gasteiger partial charge in [-0.2, -0.15) is 9.59 Å². The minimum absolute atomic E-state index is 0. The van der Waals surface area contributed by atoms with Gasteiger partial charge in [-0.05, 0) is 0 Å². The topological polar surface area (TPSA) is 118 Å². The quantitative estimate of drug-likeness (QED) is 0.410. The molecule has 0 bridgehead atoms. The third kappa shape index (κ3) is 41.3. The van der Waals surface area contributed by atoms with Crippen LogP contribution in [-0.2, 0) is 14.4 Å². The summed E-state index contributed by atoms with van der Waals surface area (Å²) < 4.78 is 0. The molecular weight excluding hydrogens is 102 g/mol. The summed E-state index contributed by atoms with van der Waals surface area (Å²) in [4.78, 5) is 24.2. The highest BCUT2D eigenvalue weighted by molar-refractivity contribution is 5.20. The van der Waals surface area contributed by atoms with Crippen molar-refractivity contribution in [2.24, 2.45) is 0 Å². The molecule has 0 aromatic carbocycles. The van der Waals surface area contributed by atoms with Gasteiger partial charge in [0.05, 0.1) is 0 Å². The summed E-state index contributed by atoms with van der Waals surface area (Å²) in [5, 5.41) is 0. The van der Waals surface area contributed by atoms with Crippen molar-refractivity contribution in [3.63, 3.8) is 0 Å². The maximum atomic E-state index is 8.12. The van der Waals surface area contributed by atoms with Crippen molar-refractivity contribution in [3.05, 3.63) is 0 Å². The lowest BCUT2D eigenvalue weighted by Crippen LogP contribution is -1.22. The Labute approximate surface area is 40.2 Å². The molecule has 0 aromatic heterocycles. The highest BCUT2D eigenvalue weighted by Crippen LogP contribution is 0.787. The molecule has 0 atom stereocenters. The molecule has 0 aromatic rings. The van der Waals surface area contributed by atoms with Gasteiger partial charge in [-0.25, -0.2) is 0 Å². The van der Waals surface area contributed by atoms with E-state index in [4.69, 9.17) is 14.4 Å². The average Bonchev–Trinajstić information content (AvgIpc) is 1.46. The fourth-order valence-electron chi connectivity index (χ4n) is 0. The molecule has 5 nitrogen and oxygen atoms in total. The van der Waals surface area contributed by atoms with Gasteiger partial charge in [-0.15, -0.1) is 0 Å². The molecule has 0 aliphatic carbocycles. The molecule has 0 fully saturated rings. The van der Waals surface area contributed by atoms with Gasteiger partial charge in [0, 0.05) is 0 Å². The zero-order valence-corrected chi connectivity index (χ0v) is 3.64. The Morgan fingerprint density at radius 1 is 1.14 bits per heavy atom. The van der Waals surface area contributed by atoms with Crippen molar-refractivity contribution in [1.29, 1.82) is 0 Å². The van der Waals surface area contributed by atoms with E-state index in [2.05, 4.69) is 0 Å². The van der Waals surface area contributed by atoms with Gasteiger partial charge in [0.25, 0.3) is 0 Å². The van der Waals surface area contributed by atoms with Crippen LogP contribution in [0.3, 0.4) is 0 Å². The van der Waals surface area contributed by atoms with Crippen molar-refractivity contribution in [2.75, 3.05) is 0 Å². The van der Waals surface area contributed by atoms with Gasteiger partial charge >= 0.3 is 6.15 Å². The van der Waals surface area contributed by atoms with E-state index in [-0.39, 0.29) is 17.8 Å². The van der Waals surface area contributed by atoms with Crippen LogP contribution in [0.5, 0.6) is 0 Å². The Kier molecular flexibility index (Phi) is 472000. The molecule has 7 heavy (non-hydrogen) atoms. The lowest BCUT2D eigenvalue weighted by molar-refractivity contribution is -0.191. The van der Waals surface area contributed by atoms with Crippen LogP contribution in [0.1, 0.15) is 0 Å². The molecule has 0 heterocycles. The normalized spacial score (nSPS) is 1.71. The van der Waals surface area contributed by atoms with E-state index in [1.165, 1.54) is 0 Å². The summed E-state index contributed by atoms with van der Waals surface area (Å²) in [6, 6.07) is 0. The standard InChI is InChI=1S/CO2.CH2O.H3N.H2O/c2-1-3;1-2;;/h;1H2;1H3;1H2. The first-order chi connectivity index (χ1) is 2.41.